The lowest BCUT2D eigenvalue weighted by atomic mass is 10.2. The zero-order valence-electron chi connectivity index (χ0n) is 11.4. The lowest BCUT2D eigenvalue weighted by molar-refractivity contribution is 0.364. The molecule has 2 aliphatic rings. The van der Waals surface area contributed by atoms with Gasteiger partial charge in [0, 0.05) is 19.1 Å². The van der Waals surface area contributed by atoms with Crippen LogP contribution >= 0.6 is 0 Å². The van der Waals surface area contributed by atoms with E-state index in [1.165, 1.54) is 6.42 Å². The van der Waals surface area contributed by atoms with Crippen LogP contribution in [-0.4, -0.2) is 43.6 Å². The summed E-state index contributed by atoms with van der Waals surface area (Å²) in [4.78, 5) is 0. The van der Waals surface area contributed by atoms with Gasteiger partial charge in [-0.3, -0.25) is 0 Å². The van der Waals surface area contributed by atoms with Crippen molar-refractivity contribution in [2.75, 3.05) is 19.6 Å². The van der Waals surface area contributed by atoms with Gasteiger partial charge < -0.3 is 5.32 Å². The first-order valence-corrected chi connectivity index (χ1v) is 8.87. The highest BCUT2D eigenvalue weighted by atomic mass is 32.2. The molecule has 2 rings (SSSR count). The number of hydrogen-bond donors (Lipinski definition) is 1. The maximum absolute atomic E-state index is 12.6. The molecule has 1 unspecified atom stereocenters. The number of hydrogen-bond acceptors (Lipinski definition) is 3. The van der Waals surface area contributed by atoms with Crippen molar-refractivity contribution in [2.24, 2.45) is 0 Å². The molecule has 1 N–H and O–H groups in total. The van der Waals surface area contributed by atoms with Crippen LogP contribution in [0.5, 0.6) is 0 Å². The monoisotopic (exact) mass is 274 g/mol. The standard InChI is InChI=1S/C13H26N2O2S/c1-2-10-15(11-12-6-5-9-14-12)18(16,17)13-7-3-4-8-13/h12-14H,2-11H2,1H3. The smallest absolute Gasteiger partial charge is 0.217 e. The van der Waals surface area contributed by atoms with Crippen molar-refractivity contribution in [3.05, 3.63) is 0 Å². The number of sulfonamides is 1. The Morgan fingerprint density at radius 2 is 1.89 bits per heavy atom. The molecule has 0 aromatic carbocycles. The summed E-state index contributed by atoms with van der Waals surface area (Å²) < 4.78 is 27.0. The summed E-state index contributed by atoms with van der Waals surface area (Å²) in [7, 11) is -3.06. The van der Waals surface area contributed by atoms with Gasteiger partial charge in [0.2, 0.25) is 10.0 Å². The second-order valence-corrected chi connectivity index (χ2v) is 7.82. The molecule has 0 aromatic heterocycles. The molecule has 1 aliphatic heterocycles. The van der Waals surface area contributed by atoms with Crippen LogP contribution in [0.1, 0.15) is 51.9 Å². The Hall–Kier alpha value is -0.130. The van der Waals surface area contributed by atoms with Gasteiger partial charge in [-0.2, -0.15) is 0 Å². The SMILES string of the molecule is CCCN(CC1CCCN1)S(=O)(=O)C1CCCC1. The third-order valence-electron chi connectivity index (χ3n) is 4.14. The predicted octanol–water partition coefficient (Wildman–Crippen LogP) is 1.72. The zero-order valence-corrected chi connectivity index (χ0v) is 12.2. The van der Waals surface area contributed by atoms with Gasteiger partial charge >= 0.3 is 0 Å². The lowest BCUT2D eigenvalue weighted by Crippen LogP contribution is -2.44. The van der Waals surface area contributed by atoms with Gasteiger partial charge in [-0.15, -0.1) is 0 Å². The second kappa shape index (κ2) is 6.35. The maximum Gasteiger partial charge on any atom is 0.217 e. The molecule has 0 radical (unpaired) electrons. The van der Waals surface area contributed by atoms with Gasteiger partial charge in [-0.05, 0) is 38.6 Å². The van der Waals surface area contributed by atoms with Crippen molar-refractivity contribution >= 4 is 10.0 Å². The molecule has 2 fully saturated rings. The average molecular weight is 274 g/mol. The van der Waals surface area contributed by atoms with Gasteiger partial charge in [0.1, 0.15) is 0 Å². The molecule has 1 atom stereocenters. The Labute approximate surface area is 111 Å². The van der Waals surface area contributed by atoms with Crippen LogP contribution in [0, 0.1) is 0 Å². The van der Waals surface area contributed by atoms with E-state index in [4.69, 9.17) is 0 Å². The molecule has 0 bridgehead atoms. The summed E-state index contributed by atoms with van der Waals surface area (Å²) in [6, 6.07) is 0.368. The van der Waals surface area contributed by atoms with E-state index in [1.54, 1.807) is 4.31 Å². The maximum atomic E-state index is 12.6. The van der Waals surface area contributed by atoms with E-state index in [0.29, 0.717) is 19.1 Å². The fourth-order valence-corrected chi connectivity index (χ4v) is 5.30. The van der Waals surface area contributed by atoms with Crippen LogP contribution < -0.4 is 5.32 Å². The first-order valence-electron chi connectivity index (χ1n) is 7.37. The Bertz CT molecular complexity index is 344. The van der Waals surface area contributed by atoms with Crippen molar-refractivity contribution in [1.82, 2.24) is 9.62 Å². The van der Waals surface area contributed by atoms with Crippen LogP contribution in [0.4, 0.5) is 0 Å². The highest BCUT2D eigenvalue weighted by Crippen LogP contribution is 2.27. The predicted molar refractivity (Wildman–Crippen MR) is 74.1 cm³/mol. The van der Waals surface area contributed by atoms with Crippen LogP contribution in [-0.2, 0) is 10.0 Å². The topological polar surface area (TPSA) is 49.4 Å². The largest absolute Gasteiger partial charge is 0.313 e. The summed E-state index contributed by atoms with van der Waals surface area (Å²) in [5.74, 6) is 0. The quantitative estimate of drug-likeness (QED) is 0.802. The van der Waals surface area contributed by atoms with E-state index in [9.17, 15) is 8.42 Å². The van der Waals surface area contributed by atoms with Crippen molar-refractivity contribution in [3.63, 3.8) is 0 Å². The van der Waals surface area contributed by atoms with Crippen LogP contribution in [0.2, 0.25) is 0 Å². The fourth-order valence-electron chi connectivity index (χ4n) is 3.13. The van der Waals surface area contributed by atoms with Crippen molar-refractivity contribution < 1.29 is 8.42 Å². The van der Waals surface area contributed by atoms with E-state index in [0.717, 1.165) is 45.1 Å². The molecule has 1 saturated carbocycles. The Balaban J connectivity index is 2.02. The molecule has 4 nitrogen and oxygen atoms in total. The third-order valence-corrected chi connectivity index (χ3v) is 6.51. The number of nitrogens with one attached hydrogen (secondary N) is 1. The molecular weight excluding hydrogens is 248 g/mol. The van der Waals surface area contributed by atoms with Gasteiger partial charge in [-0.1, -0.05) is 19.8 Å². The summed E-state index contributed by atoms with van der Waals surface area (Å²) in [5, 5.41) is 3.30. The Kier molecular flexibility index (Phi) is 5.04. The minimum absolute atomic E-state index is 0.106. The highest BCUT2D eigenvalue weighted by molar-refractivity contribution is 7.89. The van der Waals surface area contributed by atoms with Crippen molar-refractivity contribution in [2.45, 2.75) is 63.2 Å². The second-order valence-electron chi connectivity index (χ2n) is 5.60. The molecule has 18 heavy (non-hydrogen) atoms. The van der Waals surface area contributed by atoms with Crippen LogP contribution in [0.15, 0.2) is 0 Å². The fraction of sp³-hybridized carbons (Fsp3) is 1.00. The van der Waals surface area contributed by atoms with E-state index < -0.39 is 10.0 Å². The van der Waals surface area contributed by atoms with Gasteiger partial charge in [0.05, 0.1) is 5.25 Å². The Morgan fingerprint density at radius 1 is 1.17 bits per heavy atom. The summed E-state index contributed by atoms with van der Waals surface area (Å²) >= 11 is 0. The van der Waals surface area contributed by atoms with Gasteiger partial charge in [0.25, 0.3) is 0 Å². The molecular formula is C13H26N2O2S. The lowest BCUT2D eigenvalue weighted by Gasteiger charge is -2.27. The molecule has 1 aliphatic carbocycles. The normalized spacial score (nSPS) is 26.2. The molecule has 1 saturated heterocycles. The Morgan fingerprint density at radius 3 is 2.44 bits per heavy atom. The van der Waals surface area contributed by atoms with E-state index >= 15 is 0 Å². The third kappa shape index (κ3) is 3.25. The van der Waals surface area contributed by atoms with Crippen molar-refractivity contribution in [1.29, 1.82) is 0 Å². The summed E-state index contributed by atoms with van der Waals surface area (Å²) in [6.45, 7) is 4.44. The molecule has 0 aromatic rings. The molecule has 1 heterocycles. The van der Waals surface area contributed by atoms with Crippen LogP contribution in [0.25, 0.3) is 0 Å². The summed E-state index contributed by atoms with van der Waals surface area (Å²) in [5.41, 5.74) is 0. The average Bonchev–Trinajstić information content (AvgIpc) is 3.01. The van der Waals surface area contributed by atoms with Crippen molar-refractivity contribution in [3.8, 4) is 0 Å². The van der Waals surface area contributed by atoms with E-state index in [2.05, 4.69) is 12.2 Å². The summed E-state index contributed by atoms with van der Waals surface area (Å²) in [6.07, 6.45) is 7.06. The first-order chi connectivity index (χ1) is 8.64. The zero-order chi connectivity index (χ0) is 13.0. The van der Waals surface area contributed by atoms with Crippen LogP contribution in [0.3, 0.4) is 0 Å². The van der Waals surface area contributed by atoms with Gasteiger partial charge in [0.15, 0.2) is 0 Å². The molecule has 5 heteroatoms. The minimum atomic E-state index is -3.06. The molecule has 0 spiro atoms. The minimum Gasteiger partial charge on any atom is -0.313 e. The highest BCUT2D eigenvalue weighted by Gasteiger charge is 2.35. The van der Waals surface area contributed by atoms with E-state index in [1.807, 2.05) is 0 Å². The first kappa shape index (κ1) is 14.3. The van der Waals surface area contributed by atoms with E-state index in [-0.39, 0.29) is 5.25 Å². The molecule has 106 valence electrons. The molecule has 0 amide bonds. The van der Waals surface area contributed by atoms with Gasteiger partial charge in [-0.25, -0.2) is 12.7 Å². The number of rotatable bonds is 6. The number of nitrogens with zero attached hydrogens (tertiary/aromatic N) is 1.